The smallest absolute Gasteiger partial charge is 0.253 e. The number of hydrogen-bond donors (Lipinski definition) is 0. The van der Waals surface area contributed by atoms with Gasteiger partial charge in [-0.3, -0.25) is 14.3 Å². The maximum atomic E-state index is 13.2. The number of aromatic nitrogens is 3. The molecule has 8 heteroatoms. The van der Waals surface area contributed by atoms with Gasteiger partial charge in [0.05, 0.1) is 17.5 Å². The number of sulfonamides is 1. The number of nitrogens with zero attached hydrogens (tertiary/aromatic N) is 4. The van der Waals surface area contributed by atoms with Gasteiger partial charge >= 0.3 is 0 Å². The van der Waals surface area contributed by atoms with Gasteiger partial charge in [0.2, 0.25) is 10.0 Å². The van der Waals surface area contributed by atoms with Crippen molar-refractivity contribution in [3.63, 3.8) is 0 Å². The van der Waals surface area contributed by atoms with Crippen LogP contribution >= 0.6 is 0 Å². The minimum Gasteiger partial charge on any atom is -0.299 e. The summed E-state index contributed by atoms with van der Waals surface area (Å²) in [7, 11) is -3.62. The van der Waals surface area contributed by atoms with Gasteiger partial charge in [-0.15, -0.1) is 0 Å². The van der Waals surface area contributed by atoms with Gasteiger partial charge in [-0.25, -0.2) is 13.4 Å². The highest BCUT2D eigenvalue weighted by molar-refractivity contribution is 7.89. The third-order valence-corrected chi connectivity index (χ3v) is 7.66. The van der Waals surface area contributed by atoms with Crippen LogP contribution in [0.4, 0.5) is 0 Å². The van der Waals surface area contributed by atoms with Crippen LogP contribution in [0.1, 0.15) is 38.3 Å². The van der Waals surface area contributed by atoms with E-state index in [-0.39, 0.29) is 22.3 Å². The molecule has 158 valence electrons. The Morgan fingerprint density at radius 3 is 2.53 bits per heavy atom. The second-order valence-corrected chi connectivity index (χ2v) is 10.0. The van der Waals surface area contributed by atoms with Crippen LogP contribution in [-0.2, 0) is 16.6 Å². The van der Waals surface area contributed by atoms with Gasteiger partial charge in [0.15, 0.2) is 0 Å². The van der Waals surface area contributed by atoms with Gasteiger partial charge in [0.1, 0.15) is 4.90 Å². The molecule has 0 N–H and O–H groups in total. The topological polar surface area (TPSA) is 85.2 Å². The molecule has 1 aliphatic heterocycles. The number of hydrogen-bond acceptors (Lipinski definition) is 5. The van der Waals surface area contributed by atoms with Crippen molar-refractivity contribution in [2.75, 3.05) is 13.1 Å². The Morgan fingerprint density at radius 1 is 1.10 bits per heavy atom. The molecular weight excluding hydrogens is 400 g/mol. The minimum atomic E-state index is -3.62. The molecule has 0 amide bonds. The second-order valence-electron chi connectivity index (χ2n) is 8.14. The van der Waals surface area contributed by atoms with E-state index in [1.165, 1.54) is 4.31 Å². The summed E-state index contributed by atoms with van der Waals surface area (Å²) >= 11 is 0. The Hall–Kier alpha value is -2.58. The van der Waals surface area contributed by atoms with Crippen molar-refractivity contribution >= 4 is 20.9 Å². The summed E-state index contributed by atoms with van der Waals surface area (Å²) in [4.78, 5) is 21.3. The third kappa shape index (κ3) is 4.02. The van der Waals surface area contributed by atoms with Crippen LogP contribution in [0.25, 0.3) is 10.9 Å². The molecule has 0 unspecified atom stereocenters. The van der Waals surface area contributed by atoms with E-state index in [1.807, 2.05) is 26.0 Å². The number of benzene rings is 1. The molecule has 1 aromatic carbocycles. The van der Waals surface area contributed by atoms with Crippen molar-refractivity contribution in [3.05, 3.63) is 65.0 Å². The quantitative estimate of drug-likeness (QED) is 0.626. The van der Waals surface area contributed by atoms with Gasteiger partial charge in [0.25, 0.3) is 5.56 Å². The number of para-hydroxylation sites is 1. The lowest BCUT2D eigenvalue weighted by Gasteiger charge is -2.31. The Labute approximate surface area is 176 Å². The molecule has 2 aromatic heterocycles. The lowest BCUT2D eigenvalue weighted by Crippen LogP contribution is -2.40. The summed E-state index contributed by atoms with van der Waals surface area (Å²) in [5.74, 6) is 0.454. The van der Waals surface area contributed by atoms with Crippen molar-refractivity contribution in [1.29, 1.82) is 0 Å². The second kappa shape index (κ2) is 8.28. The molecule has 0 radical (unpaired) electrons. The SMILES string of the molecule is CC(C)c1cc(=O)n(CC2CCN(S(=O)(=O)c3cccc4cccnc34)CC2)cn1. The fourth-order valence-electron chi connectivity index (χ4n) is 3.93. The van der Waals surface area contributed by atoms with Crippen LogP contribution in [0.5, 0.6) is 0 Å². The molecule has 0 atom stereocenters. The molecule has 0 aliphatic carbocycles. The first kappa shape index (κ1) is 20.7. The summed E-state index contributed by atoms with van der Waals surface area (Å²) in [6, 6.07) is 10.5. The van der Waals surface area contributed by atoms with Crippen molar-refractivity contribution in [3.8, 4) is 0 Å². The van der Waals surface area contributed by atoms with E-state index < -0.39 is 10.0 Å². The summed E-state index contributed by atoms with van der Waals surface area (Å²) in [6.07, 6.45) is 4.64. The van der Waals surface area contributed by atoms with Crippen LogP contribution in [0.2, 0.25) is 0 Å². The lowest BCUT2D eigenvalue weighted by atomic mass is 9.98. The highest BCUT2D eigenvalue weighted by Gasteiger charge is 2.31. The summed E-state index contributed by atoms with van der Waals surface area (Å²) < 4.78 is 29.7. The monoisotopic (exact) mass is 426 g/mol. The lowest BCUT2D eigenvalue weighted by molar-refractivity contribution is 0.251. The first-order valence-corrected chi connectivity index (χ1v) is 11.7. The number of pyridine rings is 1. The van der Waals surface area contributed by atoms with E-state index in [2.05, 4.69) is 9.97 Å². The number of piperidine rings is 1. The van der Waals surface area contributed by atoms with E-state index in [1.54, 1.807) is 41.4 Å². The van der Waals surface area contributed by atoms with E-state index in [4.69, 9.17) is 0 Å². The maximum Gasteiger partial charge on any atom is 0.253 e. The van der Waals surface area contributed by atoms with Gasteiger partial charge in [0, 0.05) is 37.3 Å². The molecule has 3 heterocycles. The molecule has 1 aliphatic rings. The standard InChI is InChI=1S/C22H26N4O3S/c1-16(2)19-13-21(27)25(15-24-19)14-17-8-11-26(12-9-17)30(28,29)20-7-3-5-18-6-4-10-23-22(18)20/h3-7,10,13,15-17H,8-9,11-12,14H2,1-2H3. The van der Waals surface area contributed by atoms with Crippen LogP contribution in [-0.4, -0.2) is 40.3 Å². The van der Waals surface area contributed by atoms with Crippen molar-refractivity contribution in [2.45, 2.75) is 44.0 Å². The van der Waals surface area contributed by atoms with Crippen LogP contribution in [0.15, 0.2) is 58.6 Å². The Balaban J connectivity index is 1.47. The molecule has 30 heavy (non-hydrogen) atoms. The Kier molecular flexibility index (Phi) is 5.71. The van der Waals surface area contributed by atoms with Crippen molar-refractivity contribution in [1.82, 2.24) is 18.8 Å². The zero-order valence-electron chi connectivity index (χ0n) is 17.2. The molecule has 1 saturated heterocycles. The van der Waals surface area contributed by atoms with Crippen molar-refractivity contribution in [2.24, 2.45) is 5.92 Å². The molecule has 3 aromatic rings. The summed E-state index contributed by atoms with van der Waals surface area (Å²) in [6.45, 7) is 5.44. The first-order valence-electron chi connectivity index (χ1n) is 10.3. The average Bonchev–Trinajstić information content (AvgIpc) is 2.75. The van der Waals surface area contributed by atoms with E-state index in [9.17, 15) is 13.2 Å². The van der Waals surface area contributed by atoms with Crippen LogP contribution < -0.4 is 5.56 Å². The minimum absolute atomic E-state index is 0.0504. The molecular formula is C22H26N4O3S. The molecule has 0 bridgehead atoms. The average molecular weight is 427 g/mol. The van der Waals surface area contributed by atoms with Gasteiger partial charge in [-0.2, -0.15) is 4.31 Å². The summed E-state index contributed by atoms with van der Waals surface area (Å²) in [5, 5.41) is 0.810. The van der Waals surface area contributed by atoms with Crippen molar-refractivity contribution < 1.29 is 8.42 Å². The van der Waals surface area contributed by atoms with E-state index >= 15 is 0 Å². The fraction of sp³-hybridized carbons (Fsp3) is 0.409. The highest BCUT2D eigenvalue weighted by atomic mass is 32.2. The van der Waals surface area contributed by atoms with Gasteiger partial charge in [-0.1, -0.05) is 32.0 Å². The predicted molar refractivity (Wildman–Crippen MR) is 116 cm³/mol. The zero-order valence-corrected chi connectivity index (χ0v) is 18.0. The summed E-state index contributed by atoms with van der Waals surface area (Å²) in [5.41, 5.74) is 1.25. The fourth-order valence-corrected chi connectivity index (χ4v) is 5.56. The van der Waals surface area contributed by atoms with E-state index in [0.29, 0.717) is 38.0 Å². The normalized spacial score (nSPS) is 16.4. The number of rotatable bonds is 5. The molecule has 0 spiro atoms. The Morgan fingerprint density at radius 2 is 1.83 bits per heavy atom. The first-order chi connectivity index (χ1) is 14.4. The Bertz CT molecular complexity index is 1210. The molecule has 4 rings (SSSR count). The molecule has 0 saturated carbocycles. The van der Waals surface area contributed by atoms with Crippen LogP contribution in [0.3, 0.4) is 0 Å². The van der Waals surface area contributed by atoms with E-state index in [0.717, 1.165) is 11.1 Å². The zero-order chi connectivity index (χ0) is 21.3. The van der Waals surface area contributed by atoms with Gasteiger partial charge < -0.3 is 0 Å². The van der Waals surface area contributed by atoms with Gasteiger partial charge in [-0.05, 0) is 36.8 Å². The molecule has 1 fully saturated rings. The van der Waals surface area contributed by atoms with Crippen LogP contribution in [0, 0.1) is 5.92 Å². The predicted octanol–water partition coefficient (Wildman–Crippen LogP) is 3.02. The largest absolute Gasteiger partial charge is 0.299 e. The highest BCUT2D eigenvalue weighted by Crippen LogP contribution is 2.28. The molecule has 7 nitrogen and oxygen atoms in total. The maximum absolute atomic E-state index is 13.2. The third-order valence-electron chi connectivity index (χ3n) is 5.73. The number of fused-ring (bicyclic) bond motifs is 1.